The van der Waals surface area contributed by atoms with Gasteiger partial charge in [0.2, 0.25) is 0 Å². The third kappa shape index (κ3) is 2.20. The fraction of sp³-hybridized carbons (Fsp3) is 0.0588. The maximum atomic E-state index is 12.7. The fourth-order valence-corrected chi connectivity index (χ4v) is 2.98. The number of amides is 2. The van der Waals surface area contributed by atoms with E-state index < -0.39 is 23.3 Å². The molecule has 0 atom stereocenters. The Labute approximate surface area is 146 Å². The van der Waals surface area contributed by atoms with Crippen molar-refractivity contribution in [3.8, 4) is 11.5 Å². The number of imide groups is 1. The number of halogens is 1. The van der Waals surface area contributed by atoms with Gasteiger partial charge >= 0.3 is 0 Å². The molecule has 4 rings (SSSR count). The van der Waals surface area contributed by atoms with E-state index in [9.17, 15) is 19.8 Å². The predicted molar refractivity (Wildman–Crippen MR) is 88.5 cm³/mol. The van der Waals surface area contributed by atoms with Crippen LogP contribution in [0, 0.1) is 0 Å². The van der Waals surface area contributed by atoms with E-state index >= 15 is 0 Å². The van der Waals surface area contributed by atoms with Crippen LogP contribution in [-0.2, 0) is 6.54 Å². The zero-order valence-corrected chi connectivity index (χ0v) is 13.4. The lowest BCUT2D eigenvalue weighted by atomic mass is 10.1. The molecule has 3 aromatic rings. The zero-order chi connectivity index (χ0) is 17.7. The lowest BCUT2D eigenvalue weighted by molar-refractivity contribution is 0.0641. The van der Waals surface area contributed by atoms with Crippen molar-refractivity contribution in [1.82, 2.24) is 14.9 Å². The number of nitrogens with zero attached hydrogens (tertiary/aromatic N) is 3. The summed E-state index contributed by atoms with van der Waals surface area (Å²) in [5.41, 5.74) is 0.0918. The molecule has 8 heteroatoms. The van der Waals surface area contributed by atoms with Crippen LogP contribution >= 0.6 is 11.6 Å². The van der Waals surface area contributed by atoms with Gasteiger partial charge in [0.05, 0.1) is 6.54 Å². The summed E-state index contributed by atoms with van der Waals surface area (Å²) >= 11 is 5.83. The van der Waals surface area contributed by atoms with E-state index in [0.29, 0.717) is 10.6 Å². The first-order chi connectivity index (χ1) is 12.0. The predicted octanol–water partition coefficient (Wildman–Crippen LogP) is 2.49. The van der Waals surface area contributed by atoms with Crippen LogP contribution in [0.25, 0.3) is 11.0 Å². The molecule has 25 heavy (non-hydrogen) atoms. The summed E-state index contributed by atoms with van der Waals surface area (Å²) in [7, 11) is 0. The highest BCUT2D eigenvalue weighted by Crippen LogP contribution is 2.42. The van der Waals surface area contributed by atoms with Crippen LogP contribution < -0.4 is 0 Å². The highest BCUT2D eigenvalue weighted by atomic mass is 35.5. The number of carbonyl (C=O) groups excluding carboxylic acids is 2. The second-order valence-electron chi connectivity index (χ2n) is 5.52. The molecular weight excluding hydrogens is 346 g/mol. The molecule has 0 spiro atoms. The van der Waals surface area contributed by atoms with Crippen LogP contribution in [0.1, 0.15) is 26.3 Å². The number of rotatable bonds is 2. The normalized spacial score (nSPS) is 13.6. The molecule has 2 heterocycles. The molecule has 2 aromatic carbocycles. The van der Waals surface area contributed by atoms with Gasteiger partial charge in [-0.25, -0.2) is 9.97 Å². The maximum Gasteiger partial charge on any atom is 0.265 e. The number of carbonyl (C=O) groups is 2. The van der Waals surface area contributed by atoms with Crippen molar-refractivity contribution in [2.45, 2.75) is 6.54 Å². The smallest absolute Gasteiger partial charge is 0.265 e. The Morgan fingerprint density at radius 3 is 1.84 bits per heavy atom. The maximum absolute atomic E-state index is 12.7. The van der Waals surface area contributed by atoms with Crippen LogP contribution in [-0.4, -0.2) is 36.9 Å². The Bertz CT molecular complexity index is 989. The summed E-state index contributed by atoms with van der Waals surface area (Å²) in [5, 5.41) is 21.3. The lowest BCUT2D eigenvalue weighted by Crippen LogP contribution is -2.29. The van der Waals surface area contributed by atoms with Gasteiger partial charge in [-0.05, 0) is 17.7 Å². The number of phenolic OH excluding ortho intramolecular Hbond substituents is 2. The zero-order valence-electron chi connectivity index (χ0n) is 12.6. The van der Waals surface area contributed by atoms with Gasteiger partial charge in [0.15, 0.2) is 11.5 Å². The van der Waals surface area contributed by atoms with E-state index in [-0.39, 0.29) is 28.7 Å². The molecule has 0 bridgehead atoms. The SMILES string of the molecule is O=C1c2c(c(O)c3nccnc3c2O)C(=O)N1Cc1ccc(Cl)cc1. The summed E-state index contributed by atoms with van der Waals surface area (Å²) < 4.78 is 0. The molecule has 1 aromatic heterocycles. The molecule has 2 amide bonds. The fourth-order valence-electron chi connectivity index (χ4n) is 2.85. The molecule has 124 valence electrons. The molecule has 1 aliphatic heterocycles. The third-order valence-electron chi connectivity index (χ3n) is 4.04. The van der Waals surface area contributed by atoms with Crippen LogP contribution in [0.4, 0.5) is 0 Å². The number of aromatic hydroxyl groups is 2. The average molecular weight is 356 g/mol. The van der Waals surface area contributed by atoms with Gasteiger partial charge in [-0.15, -0.1) is 0 Å². The number of benzene rings is 2. The van der Waals surface area contributed by atoms with E-state index in [0.717, 1.165) is 4.90 Å². The third-order valence-corrected chi connectivity index (χ3v) is 4.29. The standard InChI is InChI=1S/C17H10ClN3O4/c18-9-3-1-8(2-4-9)7-21-16(24)10-11(17(21)25)15(23)13-12(14(10)22)19-5-6-20-13/h1-6,22-23H,7H2. The summed E-state index contributed by atoms with van der Waals surface area (Å²) in [4.78, 5) is 34.1. The van der Waals surface area contributed by atoms with Crippen molar-refractivity contribution in [3.63, 3.8) is 0 Å². The summed E-state index contributed by atoms with van der Waals surface area (Å²) in [6, 6.07) is 6.66. The van der Waals surface area contributed by atoms with E-state index in [1.807, 2.05) is 0 Å². The van der Waals surface area contributed by atoms with Gasteiger partial charge in [-0.1, -0.05) is 23.7 Å². The van der Waals surface area contributed by atoms with Gasteiger partial charge in [-0.2, -0.15) is 0 Å². The van der Waals surface area contributed by atoms with Crippen molar-refractivity contribution < 1.29 is 19.8 Å². The minimum absolute atomic E-state index is 0.0143. The van der Waals surface area contributed by atoms with E-state index in [4.69, 9.17) is 11.6 Å². The topological polar surface area (TPSA) is 104 Å². The Morgan fingerprint density at radius 2 is 1.36 bits per heavy atom. The monoisotopic (exact) mass is 355 g/mol. The Balaban J connectivity index is 1.84. The molecular formula is C17H10ClN3O4. The van der Waals surface area contributed by atoms with Crippen LogP contribution in [0.2, 0.25) is 5.02 Å². The Morgan fingerprint density at radius 1 is 0.880 bits per heavy atom. The van der Waals surface area contributed by atoms with Gasteiger partial charge in [0.1, 0.15) is 22.2 Å². The molecule has 0 aliphatic carbocycles. The number of aromatic nitrogens is 2. The van der Waals surface area contributed by atoms with Crippen molar-refractivity contribution in [1.29, 1.82) is 0 Å². The Kier molecular flexibility index (Phi) is 3.33. The second-order valence-corrected chi connectivity index (χ2v) is 5.96. The first-order valence-electron chi connectivity index (χ1n) is 7.28. The highest BCUT2D eigenvalue weighted by Gasteiger charge is 2.42. The largest absolute Gasteiger partial charge is 0.505 e. The number of hydrogen-bond donors (Lipinski definition) is 2. The van der Waals surface area contributed by atoms with Gasteiger partial charge in [-0.3, -0.25) is 14.5 Å². The second kappa shape index (κ2) is 5.42. The lowest BCUT2D eigenvalue weighted by Gasteiger charge is -2.13. The molecule has 1 aliphatic rings. The minimum Gasteiger partial charge on any atom is -0.505 e. The van der Waals surface area contributed by atoms with Gasteiger partial charge in [0, 0.05) is 17.4 Å². The molecule has 2 N–H and O–H groups in total. The summed E-state index contributed by atoms with van der Waals surface area (Å²) in [5.74, 6) is -2.33. The van der Waals surface area contributed by atoms with Crippen molar-refractivity contribution in [3.05, 3.63) is 58.4 Å². The summed E-state index contributed by atoms with van der Waals surface area (Å²) in [6.07, 6.45) is 2.64. The number of hydrogen-bond acceptors (Lipinski definition) is 6. The molecule has 0 saturated heterocycles. The first-order valence-corrected chi connectivity index (χ1v) is 7.66. The van der Waals surface area contributed by atoms with Gasteiger partial charge < -0.3 is 10.2 Å². The minimum atomic E-state index is -0.699. The number of fused-ring (bicyclic) bond motifs is 2. The molecule has 0 radical (unpaired) electrons. The van der Waals surface area contributed by atoms with Crippen molar-refractivity contribution in [2.75, 3.05) is 0 Å². The Hall–Kier alpha value is -3.19. The first kappa shape index (κ1) is 15.3. The van der Waals surface area contributed by atoms with Crippen LogP contribution in [0.3, 0.4) is 0 Å². The molecule has 0 fully saturated rings. The van der Waals surface area contributed by atoms with E-state index in [1.54, 1.807) is 24.3 Å². The van der Waals surface area contributed by atoms with Crippen molar-refractivity contribution in [2.24, 2.45) is 0 Å². The number of phenols is 2. The van der Waals surface area contributed by atoms with Crippen LogP contribution in [0.15, 0.2) is 36.7 Å². The molecule has 7 nitrogen and oxygen atoms in total. The highest BCUT2D eigenvalue weighted by molar-refractivity contribution is 6.30. The molecule has 0 unspecified atom stereocenters. The van der Waals surface area contributed by atoms with Crippen LogP contribution in [0.5, 0.6) is 11.5 Å². The summed E-state index contributed by atoms with van der Waals surface area (Å²) in [6.45, 7) is -0.0143. The van der Waals surface area contributed by atoms with E-state index in [1.165, 1.54) is 12.4 Å². The van der Waals surface area contributed by atoms with Crippen molar-refractivity contribution >= 4 is 34.4 Å². The van der Waals surface area contributed by atoms with E-state index in [2.05, 4.69) is 9.97 Å². The average Bonchev–Trinajstić information content (AvgIpc) is 2.86. The quantitative estimate of drug-likeness (QED) is 0.540. The van der Waals surface area contributed by atoms with Gasteiger partial charge in [0.25, 0.3) is 11.8 Å². The molecule has 0 saturated carbocycles.